The largest absolute Gasteiger partial charge is 0.496 e. The van der Waals surface area contributed by atoms with E-state index in [0.717, 1.165) is 17.7 Å². The molecule has 1 rings (SSSR count). The molecule has 0 saturated carbocycles. The number of aryl methyl sites for hydroxylation is 2. The molecule has 0 aromatic heterocycles. The van der Waals surface area contributed by atoms with Crippen molar-refractivity contribution in [3.8, 4) is 5.75 Å². The van der Waals surface area contributed by atoms with E-state index in [1.54, 1.807) is 7.11 Å². The number of Topliss-reactive ketones (excluding diaryl/α,β-unsaturated/α-hetero) is 1. The Morgan fingerprint density at radius 2 is 2.19 bits per heavy atom. The van der Waals surface area contributed by atoms with Gasteiger partial charge in [0.25, 0.3) is 0 Å². The molecule has 1 aromatic rings. The lowest BCUT2D eigenvalue weighted by molar-refractivity contribution is -0.117. The minimum atomic E-state index is 0.0870. The molecule has 0 aliphatic heterocycles. The summed E-state index contributed by atoms with van der Waals surface area (Å²) in [5, 5.41) is 0. The van der Waals surface area contributed by atoms with E-state index in [1.807, 2.05) is 12.1 Å². The molecule has 0 fully saturated rings. The lowest BCUT2D eigenvalue weighted by Crippen LogP contribution is -2.14. The predicted molar refractivity (Wildman–Crippen MR) is 64.8 cm³/mol. The van der Waals surface area contributed by atoms with Gasteiger partial charge < -0.3 is 10.5 Å². The van der Waals surface area contributed by atoms with E-state index >= 15 is 0 Å². The van der Waals surface area contributed by atoms with Crippen LogP contribution in [0, 0.1) is 0 Å². The monoisotopic (exact) mass is 221 g/mol. The van der Waals surface area contributed by atoms with E-state index in [4.69, 9.17) is 10.5 Å². The number of hydrogen-bond acceptors (Lipinski definition) is 3. The Morgan fingerprint density at radius 3 is 2.75 bits per heavy atom. The Bertz CT molecular complexity index is 361. The zero-order valence-corrected chi connectivity index (χ0v) is 9.95. The van der Waals surface area contributed by atoms with Gasteiger partial charge in [0.15, 0.2) is 0 Å². The summed E-state index contributed by atoms with van der Waals surface area (Å²) in [6, 6.07) is 6.11. The van der Waals surface area contributed by atoms with Gasteiger partial charge in [0.2, 0.25) is 0 Å². The molecule has 0 atom stereocenters. The lowest BCUT2D eigenvalue weighted by Gasteiger charge is -2.09. The van der Waals surface area contributed by atoms with Crippen molar-refractivity contribution in [1.82, 2.24) is 0 Å². The number of carbonyl (C=O) groups excluding carboxylic acids is 1. The molecule has 0 aliphatic carbocycles. The SMILES string of the molecule is CCc1ccc(OC)c(CCC(=O)CN)c1. The summed E-state index contributed by atoms with van der Waals surface area (Å²) >= 11 is 0. The van der Waals surface area contributed by atoms with Crippen molar-refractivity contribution in [1.29, 1.82) is 0 Å². The Morgan fingerprint density at radius 1 is 1.44 bits per heavy atom. The van der Waals surface area contributed by atoms with E-state index in [1.165, 1.54) is 5.56 Å². The molecule has 0 aliphatic rings. The van der Waals surface area contributed by atoms with Crippen LogP contribution in [0.1, 0.15) is 24.5 Å². The van der Waals surface area contributed by atoms with Crippen LogP contribution in [0.15, 0.2) is 18.2 Å². The zero-order valence-electron chi connectivity index (χ0n) is 9.95. The van der Waals surface area contributed by atoms with Gasteiger partial charge >= 0.3 is 0 Å². The van der Waals surface area contributed by atoms with Crippen LogP contribution in [-0.4, -0.2) is 19.4 Å². The van der Waals surface area contributed by atoms with Crippen molar-refractivity contribution < 1.29 is 9.53 Å². The first-order chi connectivity index (χ1) is 7.71. The molecule has 88 valence electrons. The molecule has 0 amide bonds. The van der Waals surface area contributed by atoms with Gasteiger partial charge in [-0.05, 0) is 30.0 Å². The number of rotatable bonds is 6. The zero-order chi connectivity index (χ0) is 12.0. The highest BCUT2D eigenvalue weighted by Crippen LogP contribution is 2.21. The van der Waals surface area contributed by atoms with Gasteiger partial charge in [-0.15, -0.1) is 0 Å². The summed E-state index contributed by atoms with van der Waals surface area (Å²) in [5.74, 6) is 0.936. The first-order valence-electron chi connectivity index (χ1n) is 5.58. The Kier molecular flexibility index (Phi) is 4.99. The molecule has 0 saturated heterocycles. The van der Waals surface area contributed by atoms with Crippen LogP contribution in [0.2, 0.25) is 0 Å². The fourth-order valence-electron chi connectivity index (χ4n) is 1.62. The third-order valence-electron chi connectivity index (χ3n) is 2.65. The maximum absolute atomic E-state index is 11.2. The van der Waals surface area contributed by atoms with Crippen LogP contribution < -0.4 is 10.5 Å². The topological polar surface area (TPSA) is 52.3 Å². The van der Waals surface area contributed by atoms with E-state index < -0.39 is 0 Å². The van der Waals surface area contributed by atoms with Crippen LogP contribution in [-0.2, 0) is 17.6 Å². The van der Waals surface area contributed by atoms with Gasteiger partial charge in [-0.1, -0.05) is 19.1 Å². The minimum absolute atomic E-state index is 0.0870. The average Bonchev–Trinajstić information content (AvgIpc) is 2.35. The molecule has 0 heterocycles. The number of ketones is 1. The summed E-state index contributed by atoms with van der Waals surface area (Å²) in [6.45, 7) is 2.23. The van der Waals surface area contributed by atoms with Crippen LogP contribution in [0.25, 0.3) is 0 Å². The van der Waals surface area contributed by atoms with Crippen LogP contribution in [0.3, 0.4) is 0 Å². The second kappa shape index (κ2) is 6.28. The summed E-state index contributed by atoms with van der Waals surface area (Å²) in [4.78, 5) is 11.2. The Balaban J connectivity index is 2.78. The van der Waals surface area contributed by atoms with Crippen LogP contribution in [0.5, 0.6) is 5.75 Å². The van der Waals surface area contributed by atoms with Gasteiger partial charge in [-0.25, -0.2) is 0 Å². The maximum atomic E-state index is 11.2. The summed E-state index contributed by atoms with van der Waals surface area (Å²) in [7, 11) is 1.65. The normalized spacial score (nSPS) is 10.2. The minimum Gasteiger partial charge on any atom is -0.496 e. The fourth-order valence-corrected chi connectivity index (χ4v) is 1.62. The number of carbonyl (C=O) groups is 1. The Labute approximate surface area is 96.6 Å². The number of ether oxygens (including phenoxy) is 1. The lowest BCUT2D eigenvalue weighted by atomic mass is 10.0. The highest BCUT2D eigenvalue weighted by atomic mass is 16.5. The molecule has 0 radical (unpaired) electrons. The quantitative estimate of drug-likeness (QED) is 0.795. The Hall–Kier alpha value is -1.35. The van der Waals surface area contributed by atoms with Gasteiger partial charge in [-0.2, -0.15) is 0 Å². The van der Waals surface area contributed by atoms with Gasteiger partial charge in [0, 0.05) is 6.42 Å². The van der Waals surface area contributed by atoms with Crippen molar-refractivity contribution in [2.45, 2.75) is 26.2 Å². The second-order valence-electron chi connectivity index (χ2n) is 3.74. The molecule has 3 nitrogen and oxygen atoms in total. The van der Waals surface area contributed by atoms with Gasteiger partial charge in [0.1, 0.15) is 11.5 Å². The van der Waals surface area contributed by atoms with Crippen molar-refractivity contribution >= 4 is 5.78 Å². The molecule has 0 unspecified atom stereocenters. The molecule has 1 aromatic carbocycles. The molecule has 0 spiro atoms. The second-order valence-corrected chi connectivity index (χ2v) is 3.74. The summed E-state index contributed by atoms with van der Waals surface area (Å²) in [5.41, 5.74) is 7.63. The third kappa shape index (κ3) is 3.35. The molecule has 2 N–H and O–H groups in total. The average molecular weight is 221 g/mol. The van der Waals surface area contributed by atoms with Crippen molar-refractivity contribution in [2.75, 3.05) is 13.7 Å². The molecule has 16 heavy (non-hydrogen) atoms. The number of hydrogen-bond donors (Lipinski definition) is 1. The van der Waals surface area contributed by atoms with Crippen LogP contribution >= 0.6 is 0 Å². The number of methoxy groups -OCH3 is 1. The van der Waals surface area contributed by atoms with Gasteiger partial charge in [0.05, 0.1) is 13.7 Å². The standard InChI is InChI=1S/C13H19NO2/c1-3-10-4-7-13(16-2)11(8-10)5-6-12(15)9-14/h4,7-8H,3,5-6,9,14H2,1-2H3. The summed E-state index contributed by atoms with van der Waals surface area (Å²) < 4.78 is 5.27. The molecular formula is C13H19NO2. The first kappa shape index (κ1) is 12.7. The number of nitrogens with two attached hydrogens (primary N) is 1. The van der Waals surface area contributed by atoms with E-state index in [2.05, 4.69) is 13.0 Å². The van der Waals surface area contributed by atoms with Crippen molar-refractivity contribution in [3.63, 3.8) is 0 Å². The third-order valence-corrected chi connectivity index (χ3v) is 2.65. The fraction of sp³-hybridized carbons (Fsp3) is 0.462. The van der Waals surface area contributed by atoms with Crippen molar-refractivity contribution in [2.24, 2.45) is 5.73 Å². The smallest absolute Gasteiger partial charge is 0.146 e. The number of benzene rings is 1. The predicted octanol–water partition coefficient (Wildman–Crippen LogP) is 1.72. The maximum Gasteiger partial charge on any atom is 0.146 e. The molecular weight excluding hydrogens is 202 g/mol. The van der Waals surface area contributed by atoms with E-state index in [0.29, 0.717) is 12.8 Å². The molecule has 0 bridgehead atoms. The van der Waals surface area contributed by atoms with Crippen molar-refractivity contribution in [3.05, 3.63) is 29.3 Å². The highest BCUT2D eigenvalue weighted by molar-refractivity contribution is 5.80. The highest BCUT2D eigenvalue weighted by Gasteiger charge is 2.06. The summed E-state index contributed by atoms with van der Waals surface area (Å²) in [6.07, 6.45) is 2.18. The first-order valence-corrected chi connectivity index (χ1v) is 5.58. The van der Waals surface area contributed by atoms with Crippen LogP contribution in [0.4, 0.5) is 0 Å². The van der Waals surface area contributed by atoms with E-state index in [-0.39, 0.29) is 12.3 Å². The van der Waals surface area contributed by atoms with E-state index in [9.17, 15) is 4.79 Å². The molecule has 3 heteroatoms. The van der Waals surface area contributed by atoms with Gasteiger partial charge in [-0.3, -0.25) is 4.79 Å².